The van der Waals surface area contributed by atoms with E-state index in [1.165, 1.54) is 51.4 Å². The largest absolute Gasteiger partial charge is 0.495 e. The zero-order chi connectivity index (χ0) is 14.9. The van der Waals surface area contributed by atoms with Gasteiger partial charge < -0.3 is 10.1 Å². The molecule has 2 aliphatic rings. The third-order valence-electron chi connectivity index (χ3n) is 5.55. The minimum atomic E-state index is 0.575. The molecule has 2 fully saturated rings. The fourth-order valence-electron chi connectivity index (χ4n) is 4.16. The van der Waals surface area contributed by atoms with Gasteiger partial charge in [0, 0.05) is 17.1 Å². The van der Waals surface area contributed by atoms with Crippen LogP contribution in [0.5, 0.6) is 5.75 Å². The summed E-state index contributed by atoms with van der Waals surface area (Å²) in [6.45, 7) is 2.04. The zero-order valence-corrected chi connectivity index (χ0v) is 13.9. The van der Waals surface area contributed by atoms with Crippen molar-refractivity contribution in [2.75, 3.05) is 12.4 Å². The van der Waals surface area contributed by atoms with Crippen molar-refractivity contribution in [3.05, 3.63) is 22.7 Å². The second-order valence-corrected chi connectivity index (χ2v) is 7.33. The van der Waals surface area contributed by atoms with E-state index >= 15 is 0 Å². The smallest absolute Gasteiger partial charge is 0.143 e. The SMILES string of the molecule is COc1cc(Cl)c(C)cc1NC1CCC2(CCCC2)CC1. The van der Waals surface area contributed by atoms with Crippen molar-refractivity contribution in [3.63, 3.8) is 0 Å². The highest BCUT2D eigenvalue weighted by atomic mass is 35.5. The Hall–Kier alpha value is -0.890. The molecule has 2 aliphatic carbocycles. The maximum Gasteiger partial charge on any atom is 0.143 e. The number of nitrogens with one attached hydrogen (secondary N) is 1. The normalized spacial score (nSPS) is 21.7. The molecule has 2 nitrogen and oxygen atoms in total. The summed E-state index contributed by atoms with van der Waals surface area (Å²) in [6, 6.07) is 4.60. The van der Waals surface area contributed by atoms with Gasteiger partial charge in [-0.3, -0.25) is 0 Å². The summed E-state index contributed by atoms with van der Waals surface area (Å²) in [5.41, 5.74) is 2.88. The second kappa shape index (κ2) is 6.08. The number of anilines is 1. The molecule has 0 bridgehead atoms. The Morgan fingerprint density at radius 3 is 2.43 bits per heavy atom. The number of rotatable bonds is 3. The van der Waals surface area contributed by atoms with Crippen molar-refractivity contribution in [2.45, 2.75) is 64.3 Å². The van der Waals surface area contributed by atoms with Gasteiger partial charge in [0.25, 0.3) is 0 Å². The van der Waals surface area contributed by atoms with E-state index < -0.39 is 0 Å². The number of halogens is 1. The van der Waals surface area contributed by atoms with E-state index in [0.717, 1.165) is 22.0 Å². The topological polar surface area (TPSA) is 21.3 Å². The van der Waals surface area contributed by atoms with Crippen molar-refractivity contribution >= 4 is 17.3 Å². The van der Waals surface area contributed by atoms with Crippen LogP contribution in [0.4, 0.5) is 5.69 Å². The molecule has 2 saturated carbocycles. The number of methoxy groups -OCH3 is 1. The van der Waals surface area contributed by atoms with Crippen LogP contribution in [0, 0.1) is 12.3 Å². The van der Waals surface area contributed by atoms with Crippen molar-refractivity contribution < 1.29 is 4.74 Å². The van der Waals surface area contributed by atoms with Crippen LogP contribution in [0.2, 0.25) is 5.02 Å². The van der Waals surface area contributed by atoms with Gasteiger partial charge in [0.05, 0.1) is 12.8 Å². The summed E-state index contributed by atoms with van der Waals surface area (Å²) >= 11 is 6.18. The van der Waals surface area contributed by atoms with Crippen molar-refractivity contribution in [2.24, 2.45) is 5.41 Å². The van der Waals surface area contributed by atoms with Crippen molar-refractivity contribution in [3.8, 4) is 5.75 Å². The summed E-state index contributed by atoms with van der Waals surface area (Å²) in [6.07, 6.45) is 11.2. The monoisotopic (exact) mass is 307 g/mol. The third kappa shape index (κ3) is 3.15. The molecule has 0 unspecified atom stereocenters. The van der Waals surface area contributed by atoms with E-state index in [2.05, 4.69) is 11.4 Å². The Morgan fingerprint density at radius 1 is 1.14 bits per heavy atom. The maximum atomic E-state index is 6.18. The molecular formula is C18H26ClNO. The molecule has 0 aromatic heterocycles. The fourth-order valence-corrected chi connectivity index (χ4v) is 4.32. The van der Waals surface area contributed by atoms with E-state index in [-0.39, 0.29) is 0 Å². The quantitative estimate of drug-likeness (QED) is 0.788. The first kappa shape index (κ1) is 15.0. The average molecular weight is 308 g/mol. The predicted molar refractivity (Wildman–Crippen MR) is 89.5 cm³/mol. The van der Waals surface area contributed by atoms with Crippen LogP contribution < -0.4 is 10.1 Å². The molecule has 0 saturated heterocycles. The van der Waals surface area contributed by atoms with Crippen LogP contribution in [0.25, 0.3) is 0 Å². The number of benzene rings is 1. The Kier molecular flexibility index (Phi) is 4.35. The molecule has 21 heavy (non-hydrogen) atoms. The summed E-state index contributed by atoms with van der Waals surface area (Å²) < 4.78 is 5.47. The Labute approximate surface area is 133 Å². The highest BCUT2D eigenvalue weighted by Gasteiger charge is 2.37. The predicted octanol–water partition coefficient (Wildman–Crippen LogP) is 5.57. The molecule has 3 heteroatoms. The Morgan fingerprint density at radius 2 is 1.81 bits per heavy atom. The first-order valence-corrected chi connectivity index (χ1v) is 8.60. The lowest BCUT2D eigenvalue weighted by atomic mass is 9.71. The first-order valence-electron chi connectivity index (χ1n) is 8.23. The minimum Gasteiger partial charge on any atom is -0.495 e. The van der Waals surface area contributed by atoms with Crippen LogP contribution in [0.1, 0.15) is 56.9 Å². The van der Waals surface area contributed by atoms with Gasteiger partial charge in [-0.05, 0) is 62.5 Å². The highest BCUT2D eigenvalue weighted by molar-refractivity contribution is 6.31. The van der Waals surface area contributed by atoms with Crippen LogP contribution in [0.15, 0.2) is 12.1 Å². The van der Waals surface area contributed by atoms with Gasteiger partial charge in [-0.15, -0.1) is 0 Å². The lowest BCUT2D eigenvalue weighted by Crippen LogP contribution is -2.31. The molecule has 0 amide bonds. The maximum absolute atomic E-state index is 6.18. The zero-order valence-electron chi connectivity index (χ0n) is 13.2. The molecule has 1 aromatic rings. The lowest BCUT2D eigenvalue weighted by Gasteiger charge is -2.38. The first-order chi connectivity index (χ1) is 10.1. The molecule has 3 rings (SSSR count). The highest BCUT2D eigenvalue weighted by Crippen LogP contribution is 2.49. The molecular weight excluding hydrogens is 282 g/mol. The van der Waals surface area contributed by atoms with E-state index in [4.69, 9.17) is 16.3 Å². The Bertz CT molecular complexity index is 498. The molecule has 0 aliphatic heterocycles. The minimum absolute atomic E-state index is 0.575. The fraction of sp³-hybridized carbons (Fsp3) is 0.667. The molecule has 0 heterocycles. The van der Waals surface area contributed by atoms with E-state index in [1.807, 2.05) is 13.0 Å². The van der Waals surface area contributed by atoms with Crippen LogP contribution in [0.3, 0.4) is 0 Å². The van der Waals surface area contributed by atoms with Crippen LogP contribution in [-0.4, -0.2) is 13.2 Å². The van der Waals surface area contributed by atoms with Crippen molar-refractivity contribution in [1.82, 2.24) is 0 Å². The molecule has 0 atom stereocenters. The van der Waals surface area contributed by atoms with Gasteiger partial charge in [-0.2, -0.15) is 0 Å². The van der Waals surface area contributed by atoms with Crippen LogP contribution >= 0.6 is 11.6 Å². The number of ether oxygens (including phenoxy) is 1. The van der Waals surface area contributed by atoms with Crippen LogP contribution in [-0.2, 0) is 0 Å². The van der Waals surface area contributed by atoms with Gasteiger partial charge >= 0.3 is 0 Å². The molecule has 1 aromatic carbocycles. The molecule has 0 radical (unpaired) electrons. The van der Waals surface area contributed by atoms with Gasteiger partial charge in [-0.25, -0.2) is 0 Å². The van der Waals surface area contributed by atoms with E-state index in [0.29, 0.717) is 11.5 Å². The molecule has 1 spiro atoms. The summed E-state index contributed by atoms with van der Waals surface area (Å²) in [5, 5.41) is 4.46. The Balaban J connectivity index is 1.66. The number of hydrogen-bond acceptors (Lipinski definition) is 2. The standard InChI is InChI=1S/C18H26ClNO/c1-13-11-16(17(21-2)12-15(13)19)20-14-5-9-18(10-6-14)7-3-4-8-18/h11-12,14,20H,3-10H2,1-2H3. The van der Waals surface area contributed by atoms with E-state index in [9.17, 15) is 0 Å². The summed E-state index contributed by atoms with van der Waals surface area (Å²) in [4.78, 5) is 0. The van der Waals surface area contributed by atoms with Gasteiger partial charge in [0.15, 0.2) is 0 Å². The third-order valence-corrected chi connectivity index (χ3v) is 5.96. The molecule has 116 valence electrons. The number of hydrogen-bond donors (Lipinski definition) is 1. The van der Waals surface area contributed by atoms with Gasteiger partial charge in [-0.1, -0.05) is 24.4 Å². The lowest BCUT2D eigenvalue weighted by molar-refractivity contribution is 0.188. The summed E-state index contributed by atoms with van der Waals surface area (Å²) in [5.74, 6) is 0.853. The van der Waals surface area contributed by atoms with Crippen molar-refractivity contribution in [1.29, 1.82) is 0 Å². The molecule has 1 N–H and O–H groups in total. The average Bonchev–Trinajstić information content (AvgIpc) is 2.94. The number of aryl methyl sites for hydroxylation is 1. The van der Waals surface area contributed by atoms with Gasteiger partial charge in [0.1, 0.15) is 5.75 Å². The van der Waals surface area contributed by atoms with E-state index in [1.54, 1.807) is 7.11 Å². The second-order valence-electron chi connectivity index (χ2n) is 6.93. The van der Waals surface area contributed by atoms with Gasteiger partial charge in [0.2, 0.25) is 0 Å². The summed E-state index contributed by atoms with van der Waals surface area (Å²) in [7, 11) is 1.71.